The molecule has 0 aliphatic heterocycles. The van der Waals surface area contributed by atoms with Gasteiger partial charge in [-0.05, 0) is 60.7 Å². The summed E-state index contributed by atoms with van der Waals surface area (Å²) in [5.41, 5.74) is 0. The van der Waals surface area contributed by atoms with Crippen molar-refractivity contribution in [1.29, 1.82) is 0 Å². The molecular weight excluding hydrogens is 613 g/mol. The fourth-order valence-electron chi connectivity index (χ4n) is 2.83. The Bertz CT molecular complexity index is 1190. The number of carbonyl (C=O) groups is 3. The average Bonchev–Trinajstić information content (AvgIpc) is 2.89. The fourth-order valence-corrected chi connectivity index (χ4v) is 3.18. The maximum atomic E-state index is 12.1. The first-order chi connectivity index (χ1) is 19.5. The van der Waals surface area contributed by atoms with Crippen molar-refractivity contribution in [2.45, 2.75) is 97.5 Å². The second-order valence-electron chi connectivity index (χ2n) is 8.28. The molecule has 0 rings (SSSR count). The second kappa shape index (κ2) is 35.4. The van der Waals surface area contributed by atoms with Crippen LogP contribution in [-0.4, -0.2) is 36.4 Å². The summed E-state index contributed by atoms with van der Waals surface area (Å²) in [6.45, 7) is 3.91. The molecule has 13 heteroatoms. The largest absolute Gasteiger partial charge is 1.00 e. The second-order valence-corrected chi connectivity index (χ2v) is 10.1. The number of hydrogen-bond acceptors (Lipinski definition) is 9. The molecule has 0 unspecified atom stereocenters. The number of phosphoric ester groups is 1. The van der Waals surface area contributed by atoms with Gasteiger partial charge in [-0.3, -0.25) is 9.59 Å². The number of thiol groups is 1. The summed E-state index contributed by atoms with van der Waals surface area (Å²) >= 11 is 3.33. The summed E-state index contributed by atoms with van der Waals surface area (Å²) in [5, 5.41) is -0.139. The van der Waals surface area contributed by atoms with Crippen molar-refractivity contribution >= 4 is 37.5 Å². The molecule has 43 heavy (non-hydrogen) atoms. The van der Waals surface area contributed by atoms with Crippen molar-refractivity contribution in [2.75, 3.05) is 13.2 Å². The summed E-state index contributed by atoms with van der Waals surface area (Å²) in [5.74, 6) is 22.2. The van der Waals surface area contributed by atoms with Crippen molar-refractivity contribution in [3.63, 3.8) is 0 Å². The normalized spacial score (nSPS) is 9.44. The van der Waals surface area contributed by atoms with Crippen LogP contribution in [0.5, 0.6) is 0 Å². The Balaban J connectivity index is -0.0000000873. The minimum absolute atomic E-state index is 0. The number of ether oxygens (including phenoxy) is 2. The van der Waals surface area contributed by atoms with E-state index in [0.717, 1.165) is 19.3 Å². The monoisotopic (exact) mass is 668 g/mol. The van der Waals surface area contributed by atoms with Gasteiger partial charge >= 0.3 is 71.1 Å². The molecule has 0 aromatic rings. The fraction of sp³-hybridized carbons (Fsp3) is 0.567. The number of phosphoric acid groups is 1. The molecule has 0 saturated heterocycles. The molecule has 0 heterocycles. The predicted molar refractivity (Wildman–Crippen MR) is 174 cm³/mol. The SMILES string of the molecule is CC#CC#CC#CC#CC#CC(=O)OC[C@@H](COP(=O)([O-])[O-])OC(=O)CCCCCCCCCCCC.CC(=O)S.[HH].[HH].[HH].[HH].[HH].[HH].[HH].[HH].[HH].[Na+].[Na+]. The van der Waals surface area contributed by atoms with Gasteiger partial charge in [-0.15, -0.1) is 12.6 Å². The first kappa shape index (κ1) is 48.8. The van der Waals surface area contributed by atoms with Crippen LogP contribution >= 0.6 is 20.5 Å². The number of rotatable bonds is 17. The van der Waals surface area contributed by atoms with E-state index in [0.29, 0.717) is 6.42 Å². The van der Waals surface area contributed by atoms with E-state index >= 15 is 0 Å². The summed E-state index contributed by atoms with van der Waals surface area (Å²) in [6, 6.07) is 0. The molecule has 0 aromatic heterocycles. The third-order valence-electron chi connectivity index (χ3n) is 4.58. The number of carbonyl (C=O) groups excluding carboxylic acids is 3. The van der Waals surface area contributed by atoms with Crippen LogP contribution in [0, 0.1) is 59.2 Å². The van der Waals surface area contributed by atoms with Crippen molar-refractivity contribution in [3.05, 3.63) is 0 Å². The molecule has 0 N–H and O–H groups in total. The average molecular weight is 669 g/mol. The number of hydrogen-bond donors (Lipinski definition) is 1. The van der Waals surface area contributed by atoms with E-state index in [4.69, 9.17) is 9.47 Å². The molecule has 0 aliphatic carbocycles. The van der Waals surface area contributed by atoms with Crippen molar-refractivity contribution in [1.82, 2.24) is 0 Å². The number of esters is 2. The summed E-state index contributed by atoms with van der Waals surface area (Å²) in [4.78, 5) is 54.7. The smallest absolute Gasteiger partial charge is 0.790 e. The molecule has 0 aliphatic rings. The van der Waals surface area contributed by atoms with Gasteiger partial charge in [0.15, 0.2) is 11.2 Å². The zero-order valence-corrected chi connectivity index (χ0v) is 31.6. The molecule has 0 saturated carbocycles. The van der Waals surface area contributed by atoms with Crippen molar-refractivity contribution < 1.29 is 115 Å². The van der Waals surface area contributed by atoms with Gasteiger partial charge in [-0.2, -0.15) is 0 Å². The van der Waals surface area contributed by atoms with E-state index in [9.17, 15) is 28.7 Å². The summed E-state index contributed by atoms with van der Waals surface area (Å²) in [6.07, 6.45) is 9.85. The van der Waals surface area contributed by atoms with Crippen LogP contribution in [0.15, 0.2) is 0 Å². The summed E-state index contributed by atoms with van der Waals surface area (Å²) in [7, 11) is -5.30. The first-order valence-corrected chi connectivity index (χ1v) is 15.1. The van der Waals surface area contributed by atoms with Crippen LogP contribution in [0.2, 0.25) is 0 Å². The third-order valence-corrected chi connectivity index (χ3v) is 5.04. The zero-order chi connectivity index (χ0) is 31.2. The van der Waals surface area contributed by atoms with Crippen LogP contribution < -0.4 is 68.9 Å². The Morgan fingerprint density at radius 2 is 1.23 bits per heavy atom. The Labute approximate surface area is 320 Å². The molecule has 0 spiro atoms. The van der Waals surface area contributed by atoms with Gasteiger partial charge in [0.1, 0.15) is 6.61 Å². The van der Waals surface area contributed by atoms with Gasteiger partial charge in [0.05, 0.1) is 14.4 Å². The van der Waals surface area contributed by atoms with E-state index in [1.807, 2.05) is 0 Å². The van der Waals surface area contributed by atoms with Crippen LogP contribution in [0.4, 0.5) is 0 Å². The Hall–Kier alpha value is -1.13. The van der Waals surface area contributed by atoms with E-state index < -0.39 is 39.1 Å². The standard InChI is InChI=1S/C28H35O8P.C2H4OS.2Na.9H2/c1-3-5-7-9-11-13-15-17-19-21-23-28(30)36-26(25-35-37(31,32)33)24-34-27(29)22-20-18-16-14-12-10-8-6-4-2;1-2(3)4;;;;;;;;;;;/h26H,3,5,7,9,11,13,15,17,19,21,23-25H2,1-2H3,(H2,31,32,33);1H3,(H,3,4);;;9*1H/q;;2*+1;;;;;;;;;/p-2/t26-;;;;;;;;;;;;/m0............/s1. The van der Waals surface area contributed by atoms with E-state index in [1.165, 1.54) is 45.4 Å². The minimum Gasteiger partial charge on any atom is -0.790 e. The van der Waals surface area contributed by atoms with Crippen molar-refractivity contribution in [2.24, 2.45) is 0 Å². The topological polar surface area (TPSA) is 142 Å². The maximum Gasteiger partial charge on any atom is 1.00 e. The molecule has 9 nitrogen and oxygen atoms in total. The van der Waals surface area contributed by atoms with Gasteiger partial charge in [-0.25, -0.2) is 4.79 Å². The van der Waals surface area contributed by atoms with Gasteiger partial charge < -0.3 is 28.3 Å². The van der Waals surface area contributed by atoms with Gasteiger partial charge in [0.25, 0.3) is 0 Å². The zero-order valence-electron chi connectivity index (χ0n) is 25.8. The Morgan fingerprint density at radius 3 is 1.70 bits per heavy atom. The van der Waals surface area contributed by atoms with Crippen LogP contribution in [-0.2, 0) is 32.9 Å². The Morgan fingerprint density at radius 1 is 0.791 bits per heavy atom. The molecular formula is C30H55Na2O9PS. The first-order valence-electron chi connectivity index (χ1n) is 13.2. The maximum absolute atomic E-state index is 12.1. The van der Waals surface area contributed by atoms with Gasteiger partial charge in [0, 0.05) is 32.1 Å². The molecule has 0 bridgehead atoms. The molecule has 0 amide bonds. The molecule has 0 radical (unpaired) electrons. The summed E-state index contributed by atoms with van der Waals surface area (Å²) < 4.78 is 24.9. The predicted octanol–water partition coefficient (Wildman–Crippen LogP) is -0.681. The molecule has 1 atom stereocenters. The van der Waals surface area contributed by atoms with Crippen LogP contribution in [0.25, 0.3) is 0 Å². The third kappa shape index (κ3) is 45.4. The van der Waals surface area contributed by atoms with E-state index in [-0.39, 0.29) is 83.5 Å². The molecule has 0 aromatic carbocycles. The van der Waals surface area contributed by atoms with Gasteiger partial charge in [-0.1, -0.05) is 70.6 Å². The number of unbranched alkanes of at least 4 members (excludes halogenated alkanes) is 9. The van der Waals surface area contributed by atoms with Crippen LogP contribution in [0.1, 0.15) is 104 Å². The van der Waals surface area contributed by atoms with Crippen LogP contribution in [0.3, 0.4) is 0 Å². The Kier molecular flexibility index (Phi) is 40.1. The molecule has 242 valence electrons. The molecule has 0 fully saturated rings. The quantitative estimate of drug-likeness (QED) is 0.0406. The minimum atomic E-state index is -5.30. The van der Waals surface area contributed by atoms with E-state index in [2.05, 4.69) is 83.3 Å². The van der Waals surface area contributed by atoms with Gasteiger partial charge in [0.2, 0.25) is 0 Å². The van der Waals surface area contributed by atoms with E-state index in [1.54, 1.807) is 6.92 Å². The van der Waals surface area contributed by atoms with Crippen molar-refractivity contribution in [3.8, 4) is 59.2 Å².